The molecule has 0 saturated carbocycles. The predicted octanol–water partition coefficient (Wildman–Crippen LogP) is 1.87. The summed E-state index contributed by atoms with van der Waals surface area (Å²) in [6.07, 6.45) is 0.764. The van der Waals surface area contributed by atoms with Crippen LogP contribution in [0.4, 0.5) is 0 Å². The molecule has 0 aliphatic carbocycles. The SMILES string of the molecule is CC(N)C(=O)NCCc1cccc(OC(C)(C)C)c1. The molecule has 106 valence electrons. The highest BCUT2D eigenvalue weighted by Gasteiger charge is 2.12. The van der Waals surface area contributed by atoms with Gasteiger partial charge in [0.05, 0.1) is 6.04 Å². The van der Waals surface area contributed by atoms with E-state index in [1.165, 1.54) is 0 Å². The summed E-state index contributed by atoms with van der Waals surface area (Å²) >= 11 is 0. The lowest BCUT2D eigenvalue weighted by Gasteiger charge is -2.21. The van der Waals surface area contributed by atoms with Crippen molar-refractivity contribution in [1.82, 2.24) is 5.32 Å². The summed E-state index contributed by atoms with van der Waals surface area (Å²) in [5, 5.41) is 2.79. The monoisotopic (exact) mass is 264 g/mol. The van der Waals surface area contributed by atoms with Crippen molar-refractivity contribution in [3.63, 3.8) is 0 Å². The van der Waals surface area contributed by atoms with Gasteiger partial charge in [-0.2, -0.15) is 0 Å². The van der Waals surface area contributed by atoms with Crippen LogP contribution in [0.25, 0.3) is 0 Å². The van der Waals surface area contributed by atoms with Crippen molar-refractivity contribution in [3.8, 4) is 5.75 Å². The van der Waals surface area contributed by atoms with Gasteiger partial charge in [-0.05, 0) is 51.8 Å². The van der Waals surface area contributed by atoms with Gasteiger partial charge in [0, 0.05) is 6.54 Å². The van der Waals surface area contributed by atoms with Crippen molar-refractivity contribution in [1.29, 1.82) is 0 Å². The Bertz CT molecular complexity index is 422. The number of rotatable bonds is 5. The van der Waals surface area contributed by atoms with E-state index < -0.39 is 6.04 Å². The van der Waals surface area contributed by atoms with Crippen molar-refractivity contribution in [3.05, 3.63) is 29.8 Å². The van der Waals surface area contributed by atoms with Crippen molar-refractivity contribution in [2.75, 3.05) is 6.54 Å². The third kappa shape index (κ3) is 6.25. The second-order valence-corrected chi connectivity index (χ2v) is 5.69. The molecule has 1 unspecified atom stereocenters. The molecular weight excluding hydrogens is 240 g/mol. The second kappa shape index (κ2) is 6.57. The quantitative estimate of drug-likeness (QED) is 0.853. The molecule has 1 rings (SSSR count). The average Bonchev–Trinajstić information content (AvgIpc) is 2.26. The highest BCUT2D eigenvalue weighted by Crippen LogP contribution is 2.19. The molecule has 1 atom stereocenters. The molecule has 1 amide bonds. The average molecular weight is 264 g/mol. The van der Waals surface area contributed by atoms with Gasteiger partial charge in [-0.25, -0.2) is 0 Å². The summed E-state index contributed by atoms with van der Waals surface area (Å²) in [6.45, 7) is 8.31. The van der Waals surface area contributed by atoms with Gasteiger partial charge in [0.15, 0.2) is 0 Å². The molecular formula is C15H24N2O2. The van der Waals surface area contributed by atoms with Crippen LogP contribution in [0.5, 0.6) is 5.75 Å². The van der Waals surface area contributed by atoms with E-state index in [4.69, 9.17) is 10.5 Å². The molecule has 0 bridgehead atoms. The second-order valence-electron chi connectivity index (χ2n) is 5.69. The Hall–Kier alpha value is -1.55. The first-order chi connectivity index (χ1) is 8.78. The first-order valence-electron chi connectivity index (χ1n) is 6.59. The van der Waals surface area contributed by atoms with E-state index in [9.17, 15) is 4.79 Å². The van der Waals surface area contributed by atoms with Crippen LogP contribution in [-0.4, -0.2) is 24.1 Å². The largest absolute Gasteiger partial charge is 0.488 e. The highest BCUT2D eigenvalue weighted by molar-refractivity contribution is 5.80. The molecule has 4 nitrogen and oxygen atoms in total. The van der Waals surface area contributed by atoms with E-state index in [1.54, 1.807) is 6.92 Å². The highest BCUT2D eigenvalue weighted by atomic mass is 16.5. The van der Waals surface area contributed by atoms with Crippen LogP contribution in [-0.2, 0) is 11.2 Å². The molecule has 1 aromatic carbocycles. The Kier molecular flexibility index (Phi) is 5.36. The van der Waals surface area contributed by atoms with E-state index in [1.807, 2.05) is 45.0 Å². The molecule has 0 aliphatic rings. The number of ether oxygens (including phenoxy) is 1. The Morgan fingerprint density at radius 3 is 2.68 bits per heavy atom. The fraction of sp³-hybridized carbons (Fsp3) is 0.533. The lowest BCUT2D eigenvalue weighted by molar-refractivity contribution is -0.121. The maximum atomic E-state index is 11.3. The molecule has 0 radical (unpaired) electrons. The summed E-state index contributed by atoms with van der Waals surface area (Å²) < 4.78 is 5.80. The number of carbonyl (C=O) groups is 1. The van der Waals surface area contributed by atoms with E-state index in [2.05, 4.69) is 5.32 Å². The van der Waals surface area contributed by atoms with Gasteiger partial charge in [0.25, 0.3) is 0 Å². The molecule has 0 aliphatic heterocycles. The number of amides is 1. The van der Waals surface area contributed by atoms with Crippen LogP contribution >= 0.6 is 0 Å². The van der Waals surface area contributed by atoms with Crippen molar-refractivity contribution in [2.45, 2.75) is 45.8 Å². The van der Waals surface area contributed by atoms with Gasteiger partial charge < -0.3 is 15.8 Å². The Morgan fingerprint density at radius 2 is 2.11 bits per heavy atom. The Morgan fingerprint density at radius 1 is 1.42 bits per heavy atom. The molecule has 4 heteroatoms. The van der Waals surface area contributed by atoms with Gasteiger partial charge in [-0.15, -0.1) is 0 Å². The third-order valence-electron chi connectivity index (χ3n) is 2.45. The van der Waals surface area contributed by atoms with Gasteiger partial charge in [0.1, 0.15) is 11.4 Å². The number of hydrogen-bond acceptors (Lipinski definition) is 3. The van der Waals surface area contributed by atoms with Crippen LogP contribution in [0.1, 0.15) is 33.3 Å². The molecule has 0 fully saturated rings. The van der Waals surface area contributed by atoms with Gasteiger partial charge in [0.2, 0.25) is 5.91 Å². The van der Waals surface area contributed by atoms with Crippen molar-refractivity contribution >= 4 is 5.91 Å². The molecule has 19 heavy (non-hydrogen) atoms. The van der Waals surface area contributed by atoms with Crippen LogP contribution in [0.2, 0.25) is 0 Å². The fourth-order valence-corrected chi connectivity index (χ4v) is 1.61. The van der Waals surface area contributed by atoms with Gasteiger partial charge >= 0.3 is 0 Å². The standard InChI is InChI=1S/C15H24N2O2/c1-11(16)14(18)17-9-8-12-6-5-7-13(10-12)19-15(2,3)4/h5-7,10-11H,8-9,16H2,1-4H3,(H,17,18). The number of nitrogens with two attached hydrogens (primary N) is 1. The normalized spacial score (nSPS) is 12.9. The molecule has 1 aromatic rings. The Labute approximate surface area is 115 Å². The minimum absolute atomic E-state index is 0.123. The minimum Gasteiger partial charge on any atom is -0.488 e. The lowest BCUT2D eigenvalue weighted by atomic mass is 10.1. The molecule has 3 N–H and O–H groups in total. The minimum atomic E-state index is -0.462. The zero-order valence-corrected chi connectivity index (χ0v) is 12.2. The summed E-state index contributed by atoms with van der Waals surface area (Å²) in [6, 6.07) is 7.46. The van der Waals surface area contributed by atoms with E-state index >= 15 is 0 Å². The van der Waals surface area contributed by atoms with Crippen LogP contribution in [0, 0.1) is 0 Å². The fourth-order valence-electron chi connectivity index (χ4n) is 1.61. The summed E-state index contributed by atoms with van der Waals surface area (Å²) in [7, 11) is 0. The smallest absolute Gasteiger partial charge is 0.236 e. The first kappa shape index (κ1) is 15.5. The number of nitrogens with one attached hydrogen (secondary N) is 1. The molecule has 0 heterocycles. The van der Waals surface area contributed by atoms with Crippen molar-refractivity contribution < 1.29 is 9.53 Å². The third-order valence-corrected chi connectivity index (χ3v) is 2.45. The zero-order chi connectivity index (χ0) is 14.5. The zero-order valence-electron chi connectivity index (χ0n) is 12.2. The summed E-state index contributed by atoms with van der Waals surface area (Å²) in [5.41, 5.74) is 6.40. The summed E-state index contributed by atoms with van der Waals surface area (Å²) in [5.74, 6) is 0.727. The predicted molar refractivity (Wildman–Crippen MR) is 77.2 cm³/mol. The molecule has 0 spiro atoms. The van der Waals surface area contributed by atoms with Crippen LogP contribution in [0.3, 0.4) is 0 Å². The van der Waals surface area contributed by atoms with E-state index in [0.29, 0.717) is 6.54 Å². The number of benzene rings is 1. The first-order valence-corrected chi connectivity index (χ1v) is 6.59. The van der Waals surface area contributed by atoms with E-state index in [0.717, 1.165) is 17.7 Å². The van der Waals surface area contributed by atoms with Crippen molar-refractivity contribution in [2.24, 2.45) is 5.73 Å². The molecule has 0 aromatic heterocycles. The van der Waals surface area contributed by atoms with Crippen LogP contribution in [0.15, 0.2) is 24.3 Å². The van der Waals surface area contributed by atoms with Gasteiger partial charge in [-0.1, -0.05) is 12.1 Å². The molecule has 0 saturated heterocycles. The van der Waals surface area contributed by atoms with Crippen LogP contribution < -0.4 is 15.8 Å². The number of hydrogen-bond donors (Lipinski definition) is 2. The summed E-state index contributed by atoms with van der Waals surface area (Å²) in [4.78, 5) is 11.3. The lowest BCUT2D eigenvalue weighted by Crippen LogP contribution is -2.39. The Balaban J connectivity index is 2.51. The van der Waals surface area contributed by atoms with Gasteiger partial charge in [-0.3, -0.25) is 4.79 Å². The van der Waals surface area contributed by atoms with E-state index in [-0.39, 0.29) is 11.5 Å². The maximum Gasteiger partial charge on any atom is 0.236 e. The maximum absolute atomic E-state index is 11.3. The topological polar surface area (TPSA) is 64.4 Å². The number of carbonyl (C=O) groups excluding carboxylic acids is 1.